The average molecular weight is 357 g/mol. The Balaban J connectivity index is 1.84. The van der Waals surface area contributed by atoms with Crippen LogP contribution in [0.2, 0.25) is 5.02 Å². The second-order valence-electron chi connectivity index (χ2n) is 6.33. The van der Waals surface area contributed by atoms with Gasteiger partial charge in [0.05, 0.1) is 19.2 Å². The van der Waals surface area contributed by atoms with E-state index in [0.29, 0.717) is 16.7 Å². The first-order chi connectivity index (χ1) is 12.0. The Kier molecular flexibility index (Phi) is 5.00. The maximum atomic E-state index is 12.5. The van der Waals surface area contributed by atoms with Crippen LogP contribution in [0.1, 0.15) is 31.0 Å². The van der Waals surface area contributed by atoms with Crippen molar-refractivity contribution in [1.82, 2.24) is 4.98 Å². The van der Waals surface area contributed by atoms with E-state index < -0.39 is 0 Å². The van der Waals surface area contributed by atoms with Crippen molar-refractivity contribution in [2.24, 2.45) is 0 Å². The molecule has 0 bridgehead atoms. The van der Waals surface area contributed by atoms with E-state index in [2.05, 4.69) is 30.2 Å². The van der Waals surface area contributed by atoms with E-state index in [1.165, 1.54) is 0 Å². The molecule has 5 heteroatoms. The van der Waals surface area contributed by atoms with Crippen LogP contribution >= 0.6 is 11.6 Å². The summed E-state index contributed by atoms with van der Waals surface area (Å²) >= 11 is 6.04. The third kappa shape index (κ3) is 3.80. The van der Waals surface area contributed by atoms with Crippen LogP contribution in [0.3, 0.4) is 0 Å². The zero-order valence-electron chi connectivity index (χ0n) is 14.5. The number of benzene rings is 2. The molecule has 0 aliphatic rings. The molecule has 0 fully saturated rings. The number of methoxy groups -OCH3 is 1. The molecule has 2 aromatic carbocycles. The van der Waals surface area contributed by atoms with Gasteiger partial charge in [0, 0.05) is 27.2 Å². The van der Waals surface area contributed by atoms with Gasteiger partial charge in [-0.2, -0.15) is 0 Å². The zero-order chi connectivity index (χ0) is 18.0. The molecule has 130 valence electrons. The standard InChI is InChI=1S/C20H21ClN2O2/c1-12(2)18-11-15-16(22-18)5-4-6-17(15)23-20(24)10-13-9-14(21)7-8-19(13)25-3/h4-9,11-12,22H,10H2,1-3H3,(H,23,24). The van der Waals surface area contributed by atoms with Gasteiger partial charge in [-0.1, -0.05) is 31.5 Å². The molecule has 1 aromatic heterocycles. The summed E-state index contributed by atoms with van der Waals surface area (Å²) in [6.45, 7) is 4.27. The van der Waals surface area contributed by atoms with Crippen LogP contribution in [0, 0.1) is 0 Å². The molecule has 0 spiro atoms. The van der Waals surface area contributed by atoms with Crippen molar-refractivity contribution in [2.45, 2.75) is 26.2 Å². The van der Waals surface area contributed by atoms with E-state index in [1.807, 2.05) is 18.2 Å². The summed E-state index contributed by atoms with van der Waals surface area (Å²) in [7, 11) is 1.58. The Morgan fingerprint density at radius 2 is 2.04 bits per heavy atom. The molecule has 1 amide bonds. The highest BCUT2D eigenvalue weighted by Crippen LogP contribution is 2.28. The summed E-state index contributed by atoms with van der Waals surface area (Å²) in [5.41, 5.74) is 3.72. The minimum Gasteiger partial charge on any atom is -0.496 e. The van der Waals surface area contributed by atoms with Gasteiger partial charge in [-0.05, 0) is 42.3 Å². The third-order valence-corrected chi connectivity index (χ3v) is 4.41. The van der Waals surface area contributed by atoms with E-state index >= 15 is 0 Å². The highest BCUT2D eigenvalue weighted by atomic mass is 35.5. The maximum absolute atomic E-state index is 12.5. The van der Waals surface area contributed by atoms with Crippen LogP contribution in [0.25, 0.3) is 10.9 Å². The van der Waals surface area contributed by atoms with Crippen LogP contribution in [-0.4, -0.2) is 18.0 Å². The van der Waals surface area contributed by atoms with Crippen molar-refractivity contribution < 1.29 is 9.53 Å². The third-order valence-electron chi connectivity index (χ3n) is 4.17. The molecule has 25 heavy (non-hydrogen) atoms. The summed E-state index contributed by atoms with van der Waals surface area (Å²) in [5.74, 6) is 0.938. The van der Waals surface area contributed by atoms with E-state index in [-0.39, 0.29) is 12.3 Å². The normalized spacial score (nSPS) is 11.1. The number of rotatable bonds is 5. The fourth-order valence-electron chi connectivity index (χ4n) is 2.85. The van der Waals surface area contributed by atoms with E-state index in [4.69, 9.17) is 16.3 Å². The second-order valence-corrected chi connectivity index (χ2v) is 6.76. The van der Waals surface area contributed by atoms with Gasteiger partial charge in [-0.25, -0.2) is 0 Å². The Morgan fingerprint density at radius 1 is 1.24 bits per heavy atom. The van der Waals surface area contributed by atoms with Gasteiger partial charge in [0.1, 0.15) is 5.75 Å². The summed E-state index contributed by atoms with van der Waals surface area (Å²) in [6.07, 6.45) is 0.196. The number of nitrogens with one attached hydrogen (secondary N) is 2. The Labute approximate surface area is 152 Å². The van der Waals surface area contributed by atoms with Gasteiger partial charge in [-0.3, -0.25) is 4.79 Å². The largest absolute Gasteiger partial charge is 0.496 e. The second kappa shape index (κ2) is 7.19. The fourth-order valence-corrected chi connectivity index (χ4v) is 3.04. The monoisotopic (exact) mass is 356 g/mol. The Bertz CT molecular complexity index is 915. The average Bonchev–Trinajstić information content (AvgIpc) is 3.00. The highest BCUT2D eigenvalue weighted by Gasteiger charge is 2.13. The van der Waals surface area contributed by atoms with Crippen molar-refractivity contribution in [3.63, 3.8) is 0 Å². The number of halogens is 1. The molecular weight excluding hydrogens is 336 g/mol. The number of fused-ring (bicyclic) bond motifs is 1. The number of carbonyl (C=O) groups excluding carboxylic acids is 1. The molecule has 0 atom stereocenters. The van der Waals surface area contributed by atoms with Crippen molar-refractivity contribution in [3.05, 3.63) is 58.7 Å². The molecular formula is C20H21ClN2O2. The first kappa shape index (κ1) is 17.4. The van der Waals surface area contributed by atoms with Crippen molar-refractivity contribution in [2.75, 3.05) is 12.4 Å². The van der Waals surface area contributed by atoms with Crippen LogP contribution in [0.15, 0.2) is 42.5 Å². The van der Waals surface area contributed by atoms with Gasteiger partial charge >= 0.3 is 0 Å². The molecule has 0 unspecified atom stereocenters. The zero-order valence-corrected chi connectivity index (χ0v) is 15.3. The van der Waals surface area contributed by atoms with E-state index in [0.717, 1.165) is 27.8 Å². The van der Waals surface area contributed by atoms with Gasteiger partial charge in [0.2, 0.25) is 5.91 Å². The van der Waals surface area contributed by atoms with Crippen molar-refractivity contribution in [3.8, 4) is 5.75 Å². The summed E-state index contributed by atoms with van der Waals surface area (Å²) < 4.78 is 5.31. The molecule has 0 saturated heterocycles. The number of aromatic amines is 1. The minimum atomic E-state index is -0.111. The maximum Gasteiger partial charge on any atom is 0.228 e. The van der Waals surface area contributed by atoms with Crippen LogP contribution in [0.4, 0.5) is 5.69 Å². The summed E-state index contributed by atoms with van der Waals surface area (Å²) in [4.78, 5) is 15.9. The smallest absolute Gasteiger partial charge is 0.228 e. The number of carbonyl (C=O) groups is 1. The number of aromatic nitrogens is 1. The van der Waals surface area contributed by atoms with Gasteiger partial charge < -0.3 is 15.0 Å². The van der Waals surface area contributed by atoms with Gasteiger partial charge in [-0.15, -0.1) is 0 Å². The minimum absolute atomic E-state index is 0.111. The first-order valence-electron chi connectivity index (χ1n) is 8.22. The van der Waals surface area contributed by atoms with Crippen LogP contribution in [0.5, 0.6) is 5.75 Å². The van der Waals surface area contributed by atoms with Crippen LogP contribution < -0.4 is 10.1 Å². The first-order valence-corrected chi connectivity index (χ1v) is 8.59. The van der Waals surface area contributed by atoms with Gasteiger partial charge in [0.15, 0.2) is 0 Å². The van der Waals surface area contributed by atoms with Crippen molar-refractivity contribution >= 4 is 34.1 Å². The SMILES string of the molecule is COc1ccc(Cl)cc1CC(=O)Nc1cccc2[nH]c(C(C)C)cc12. The Hall–Kier alpha value is -2.46. The van der Waals surface area contributed by atoms with Crippen molar-refractivity contribution in [1.29, 1.82) is 0 Å². The van der Waals surface area contributed by atoms with E-state index in [1.54, 1.807) is 25.3 Å². The molecule has 4 nitrogen and oxygen atoms in total. The fraction of sp³-hybridized carbons (Fsp3) is 0.250. The number of H-pyrrole nitrogens is 1. The quantitative estimate of drug-likeness (QED) is 0.665. The molecule has 0 radical (unpaired) electrons. The number of hydrogen-bond donors (Lipinski definition) is 2. The molecule has 1 heterocycles. The summed E-state index contributed by atoms with van der Waals surface area (Å²) in [6, 6.07) is 13.2. The lowest BCUT2D eigenvalue weighted by molar-refractivity contribution is -0.115. The van der Waals surface area contributed by atoms with E-state index in [9.17, 15) is 4.79 Å². The molecule has 0 aliphatic carbocycles. The lowest BCUT2D eigenvalue weighted by Crippen LogP contribution is -2.15. The molecule has 0 aliphatic heterocycles. The molecule has 3 aromatic rings. The lowest BCUT2D eigenvalue weighted by Gasteiger charge is -2.10. The number of anilines is 1. The predicted octanol–water partition coefficient (Wildman–Crippen LogP) is 5.13. The van der Waals surface area contributed by atoms with Gasteiger partial charge in [0.25, 0.3) is 0 Å². The number of amides is 1. The number of hydrogen-bond acceptors (Lipinski definition) is 2. The number of ether oxygens (including phenoxy) is 1. The van der Waals surface area contributed by atoms with Crippen LogP contribution in [-0.2, 0) is 11.2 Å². The Morgan fingerprint density at radius 3 is 2.76 bits per heavy atom. The topological polar surface area (TPSA) is 54.1 Å². The molecule has 3 rings (SSSR count). The predicted molar refractivity (Wildman–Crippen MR) is 103 cm³/mol. The highest BCUT2D eigenvalue weighted by molar-refractivity contribution is 6.30. The summed E-state index contributed by atoms with van der Waals surface area (Å²) in [5, 5.41) is 4.59. The molecule has 2 N–H and O–H groups in total. The lowest BCUT2D eigenvalue weighted by atomic mass is 10.1. The molecule has 0 saturated carbocycles.